The summed E-state index contributed by atoms with van der Waals surface area (Å²) in [7, 11) is 2.05. The molecule has 3 amide bonds. The van der Waals surface area contributed by atoms with Gasteiger partial charge in [-0.2, -0.15) is 0 Å². The van der Waals surface area contributed by atoms with Crippen LogP contribution in [-0.2, 0) is 19.6 Å². The summed E-state index contributed by atoms with van der Waals surface area (Å²) in [4.78, 5) is 31.1. The fraction of sp³-hybridized carbons (Fsp3) is 0.314. The summed E-state index contributed by atoms with van der Waals surface area (Å²) < 4.78 is 0. The molecule has 0 saturated heterocycles. The van der Waals surface area contributed by atoms with Crippen LogP contribution in [0.5, 0.6) is 0 Å². The van der Waals surface area contributed by atoms with Gasteiger partial charge in [0.1, 0.15) is 0 Å². The molecule has 0 spiro atoms. The van der Waals surface area contributed by atoms with Gasteiger partial charge in [0, 0.05) is 39.3 Å². The number of benzene rings is 3. The molecule has 8 heteroatoms. The van der Waals surface area contributed by atoms with Crippen molar-refractivity contribution in [2.75, 3.05) is 23.8 Å². The normalized spacial score (nSPS) is 10.9. The molecule has 0 saturated carbocycles. The molecule has 0 atom stereocenters. The lowest BCUT2D eigenvalue weighted by molar-refractivity contribution is 0.0735. The number of anilines is 2. The van der Waals surface area contributed by atoms with Crippen LogP contribution in [0.2, 0.25) is 0 Å². The molecule has 0 bridgehead atoms. The van der Waals surface area contributed by atoms with E-state index in [0.29, 0.717) is 24.5 Å². The Morgan fingerprint density at radius 2 is 1.58 bits per heavy atom. The van der Waals surface area contributed by atoms with Crippen LogP contribution < -0.4 is 21.3 Å². The number of nitrogens with one attached hydrogen (secondary N) is 2. The van der Waals surface area contributed by atoms with Crippen LogP contribution in [0.4, 0.5) is 16.2 Å². The van der Waals surface area contributed by atoms with E-state index in [9.17, 15) is 9.59 Å². The first-order valence-corrected chi connectivity index (χ1v) is 15.8. The molecule has 4 N–H and O–H groups in total. The zero-order valence-corrected chi connectivity index (χ0v) is 26.4. The van der Waals surface area contributed by atoms with Crippen LogP contribution in [0.25, 0.3) is 11.1 Å². The van der Waals surface area contributed by atoms with Crippen LogP contribution >= 0.6 is 11.3 Å². The van der Waals surface area contributed by atoms with E-state index >= 15 is 0 Å². The minimum absolute atomic E-state index is 0.000625. The fourth-order valence-corrected chi connectivity index (χ4v) is 5.68. The van der Waals surface area contributed by atoms with Gasteiger partial charge in [0.2, 0.25) is 0 Å². The number of thiophene rings is 1. The first-order chi connectivity index (χ1) is 20.8. The van der Waals surface area contributed by atoms with Crippen molar-refractivity contribution in [3.05, 3.63) is 106 Å². The van der Waals surface area contributed by atoms with Crippen LogP contribution in [0.15, 0.2) is 84.2 Å². The van der Waals surface area contributed by atoms with Crippen molar-refractivity contribution in [1.82, 2.24) is 10.2 Å². The van der Waals surface area contributed by atoms with Crippen LogP contribution in [-0.4, -0.2) is 36.5 Å². The van der Waals surface area contributed by atoms with Gasteiger partial charge in [-0.05, 0) is 77.7 Å². The highest BCUT2D eigenvalue weighted by molar-refractivity contribution is 7.12. The maximum atomic E-state index is 13.6. The summed E-state index contributed by atoms with van der Waals surface area (Å²) in [5, 5.41) is 7.93. The number of rotatable bonds is 13. The van der Waals surface area contributed by atoms with Crippen molar-refractivity contribution < 1.29 is 9.59 Å². The number of hydrogen-bond acceptors (Lipinski definition) is 5. The topological polar surface area (TPSA) is 90.7 Å². The molecule has 7 nitrogen and oxygen atoms in total. The Kier molecular flexibility index (Phi) is 11.4. The summed E-state index contributed by atoms with van der Waals surface area (Å²) in [5.74, 6) is 0.000625. The van der Waals surface area contributed by atoms with Gasteiger partial charge >= 0.3 is 6.03 Å². The smallest absolute Gasteiger partial charge is 0.319 e. The number of unbranched alkanes of at least 4 members (excludes halogenated alkanes) is 1. The molecule has 0 aliphatic carbocycles. The lowest BCUT2D eigenvalue weighted by Gasteiger charge is -2.24. The predicted octanol–water partition coefficient (Wildman–Crippen LogP) is 7.48. The van der Waals surface area contributed by atoms with E-state index in [1.807, 2.05) is 66.6 Å². The van der Waals surface area contributed by atoms with Crippen LogP contribution in [0.3, 0.4) is 0 Å². The second-order valence-corrected chi connectivity index (χ2v) is 12.1. The number of nitrogens with zero attached hydrogens (tertiary/aromatic N) is 2. The third-order valence-corrected chi connectivity index (χ3v) is 8.03. The van der Waals surface area contributed by atoms with Crippen molar-refractivity contribution >= 4 is 34.6 Å². The zero-order valence-electron chi connectivity index (χ0n) is 25.6. The second-order valence-electron chi connectivity index (χ2n) is 11.1. The van der Waals surface area contributed by atoms with E-state index < -0.39 is 0 Å². The standard InChI is InChI=1S/C35H43N5O2S/c1-5-6-17-39(4)32-16-15-30(21-31(32)38-35(42)37-25(2)3)29-13-8-12-28(20-29)24-40(34(41)33-14-9-18-43-33)23-27-11-7-10-26(19-27)22-36/h7-16,18-21,25H,5-6,17,22-24,36H2,1-4H3,(H2,37,38,42). The van der Waals surface area contributed by atoms with Gasteiger partial charge in [-0.3, -0.25) is 4.79 Å². The number of hydrogen-bond donors (Lipinski definition) is 3. The Labute approximate surface area is 259 Å². The van der Waals surface area contributed by atoms with Gasteiger partial charge in [-0.15, -0.1) is 11.3 Å². The van der Waals surface area contributed by atoms with Gasteiger partial charge in [-0.25, -0.2) is 4.79 Å². The lowest BCUT2D eigenvalue weighted by atomic mass is 10.0. The highest BCUT2D eigenvalue weighted by Gasteiger charge is 2.19. The zero-order chi connectivity index (χ0) is 30.8. The molecule has 1 heterocycles. The maximum Gasteiger partial charge on any atom is 0.319 e. The highest BCUT2D eigenvalue weighted by Crippen LogP contribution is 2.32. The number of urea groups is 1. The monoisotopic (exact) mass is 597 g/mol. The van der Waals surface area contributed by atoms with E-state index in [-0.39, 0.29) is 18.0 Å². The summed E-state index contributed by atoms with van der Waals surface area (Å²) in [6.07, 6.45) is 2.16. The average molecular weight is 598 g/mol. The number of carbonyl (C=O) groups is 2. The van der Waals surface area contributed by atoms with Crippen molar-refractivity contribution in [3.8, 4) is 11.1 Å². The lowest BCUT2D eigenvalue weighted by Crippen LogP contribution is -2.34. The minimum atomic E-state index is -0.229. The second kappa shape index (κ2) is 15.4. The Morgan fingerprint density at radius 3 is 2.26 bits per heavy atom. The minimum Gasteiger partial charge on any atom is -0.373 e. The van der Waals surface area contributed by atoms with Crippen molar-refractivity contribution in [2.24, 2.45) is 5.73 Å². The largest absolute Gasteiger partial charge is 0.373 e. The van der Waals surface area contributed by atoms with Gasteiger partial charge in [0.15, 0.2) is 0 Å². The highest BCUT2D eigenvalue weighted by atomic mass is 32.1. The molecule has 3 aromatic carbocycles. The first-order valence-electron chi connectivity index (χ1n) is 14.9. The Balaban J connectivity index is 1.63. The Bertz CT molecular complexity index is 1500. The third kappa shape index (κ3) is 8.92. The maximum absolute atomic E-state index is 13.6. The van der Waals surface area contributed by atoms with Crippen molar-refractivity contribution in [1.29, 1.82) is 0 Å². The van der Waals surface area contributed by atoms with Crippen LogP contribution in [0.1, 0.15) is 60.0 Å². The quantitative estimate of drug-likeness (QED) is 0.149. The average Bonchev–Trinajstić information content (AvgIpc) is 3.54. The molecule has 226 valence electrons. The molecule has 0 aliphatic rings. The Morgan fingerprint density at radius 1 is 0.884 bits per heavy atom. The Hall–Kier alpha value is -4.14. The third-order valence-electron chi connectivity index (χ3n) is 7.18. The summed E-state index contributed by atoms with van der Waals surface area (Å²) in [5.41, 5.74) is 12.7. The van der Waals surface area contributed by atoms with Crippen molar-refractivity contribution in [3.63, 3.8) is 0 Å². The van der Waals surface area contributed by atoms with Crippen LogP contribution in [0, 0.1) is 0 Å². The first kappa shape index (κ1) is 31.8. The molecule has 4 rings (SSSR count). The molecule has 0 fully saturated rings. The molecular formula is C35H43N5O2S. The number of amides is 3. The van der Waals surface area contributed by atoms with Crippen molar-refractivity contribution in [2.45, 2.75) is 59.3 Å². The SMILES string of the molecule is CCCCN(C)c1ccc(-c2cccc(CN(Cc3cccc(CN)c3)C(=O)c3cccs3)c2)cc1NC(=O)NC(C)C. The summed E-state index contributed by atoms with van der Waals surface area (Å²) >= 11 is 1.45. The molecule has 1 aromatic heterocycles. The molecule has 4 aromatic rings. The van der Waals surface area contributed by atoms with E-state index in [0.717, 1.165) is 58.6 Å². The van der Waals surface area contributed by atoms with E-state index in [1.54, 1.807) is 0 Å². The van der Waals surface area contributed by atoms with E-state index in [4.69, 9.17) is 5.73 Å². The fourth-order valence-electron chi connectivity index (χ4n) is 4.99. The molecule has 0 radical (unpaired) electrons. The van der Waals surface area contributed by atoms with E-state index in [2.05, 4.69) is 65.9 Å². The van der Waals surface area contributed by atoms with Gasteiger partial charge < -0.3 is 26.2 Å². The van der Waals surface area contributed by atoms with Gasteiger partial charge in [0.25, 0.3) is 5.91 Å². The van der Waals surface area contributed by atoms with E-state index in [1.165, 1.54) is 11.3 Å². The summed E-state index contributed by atoms with van der Waals surface area (Å²) in [6.45, 7) is 8.34. The van der Waals surface area contributed by atoms with Gasteiger partial charge in [-0.1, -0.05) is 67.9 Å². The van der Waals surface area contributed by atoms with Gasteiger partial charge in [0.05, 0.1) is 16.3 Å². The summed E-state index contributed by atoms with van der Waals surface area (Å²) in [6, 6.07) is 26.1. The molecule has 43 heavy (non-hydrogen) atoms. The number of carbonyl (C=O) groups excluding carboxylic acids is 2. The predicted molar refractivity (Wildman–Crippen MR) is 180 cm³/mol. The number of nitrogens with two attached hydrogens (primary N) is 1. The molecule has 0 aliphatic heterocycles. The molecule has 0 unspecified atom stereocenters. The molecular weight excluding hydrogens is 554 g/mol.